The van der Waals surface area contributed by atoms with E-state index in [1.54, 1.807) is 40.7 Å². The van der Waals surface area contributed by atoms with E-state index in [9.17, 15) is 13.2 Å². The largest absolute Gasteiger partial charge is 0.323 e. The molecule has 0 spiro atoms. The Labute approximate surface area is 144 Å². The third kappa shape index (κ3) is 5.04. The number of carbonyl (C=O) groups excluding carboxylic acids is 1. The fourth-order valence-electron chi connectivity index (χ4n) is 2.58. The number of allylic oxidation sites excluding steroid dienone is 3. The summed E-state index contributed by atoms with van der Waals surface area (Å²) in [5.74, 6) is -0.253. The van der Waals surface area contributed by atoms with Gasteiger partial charge in [0.15, 0.2) is 0 Å². The van der Waals surface area contributed by atoms with Crippen molar-refractivity contribution in [2.24, 2.45) is 0 Å². The second kappa shape index (κ2) is 8.80. The van der Waals surface area contributed by atoms with Gasteiger partial charge in [-0.3, -0.25) is 4.79 Å². The predicted molar refractivity (Wildman–Crippen MR) is 96.3 cm³/mol. The average Bonchev–Trinajstić information content (AvgIpc) is 2.85. The second-order valence-corrected chi connectivity index (χ2v) is 7.65. The number of rotatable bonds is 5. The summed E-state index contributed by atoms with van der Waals surface area (Å²) in [5, 5.41) is 2.70. The number of hydrogen-bond donors (Lipinski definition) is 1. The van der Waals surface area contributed by atoms with Crippen LogP contribution in [0.2, 0.25) is 0 Å². The van der Waals surface area contributed by atoms with Crippen molar-refractivity contribution in [3.8, 4) is 0 Å². The van der Waals surface area contributed by atoms with E-state index < -0.39 is 10.0 Å². The molecule has 6 heteroatoms. The van der Waals surface area contributed by atoms with Gasteiger partial charge in [-0.1, -0.05) is 31.1 Å². The van der Waals surface area contributed by atoms with Gasteiger partial charge in [0.2, 0.25) is 15.9 Å². The molecule has 2 rings (SSSR count). The number of anilines is 1. The van der Waals surface area contributed by atoms with Gasteiger partial charge in [0.1, 0.15) is 0 Å². The molecule has 1 N–H and O–H groups in total. The van der Waals surface area contributed by atoms with Crippen molar-refractivity contribution in [1.82, 2.24) is 4.31 Å². The first kappa shape index (κ1) is 18.4. The Morgan fingerprint density at radius 1 is 1.04 bits per heavy atom. The van der Waals surface area contributed by atoms with E-state index in [2.05, 4.69) is 5.32 Å². The van der Waals surface area contributed by atoms with E-state index in [1.165, 1.54) is 6.08 Å². The first-order chi connectivity index (χ1) is 11.5. The summed E-state index contributed by atoms with van der Waals surface area (Å²) in [4.78, 5) is 12.0. The maximum Gasteiger partial charge on any atom is 0.248 e. The first-order valence-corrected chi connectivity index (χ1v) is 9.68. The number of nitrogens with one attached hydrogen (secondary N) is 1. The SMILES string of the molecule is C/C=C/C=C/C(=O)Nc1ccc(S(=O)(=O)N2CCCCCC2)cc1. The van der Waals surface area contributed by atoms with Crippen molar-refractivity contribution in [2.75, 3.05) is 18.4 Å². The number of amides is 1. The molecule has 24 heavy (non-hydrogen) atoms. The van der Waals surface area contributed by atoms with Gasteiger partial charge in [-0.25, -0.2) is 8.42 Å². The molecule has 0 aliphatic carbocycles. The lowest BCUT2D eigenvalue weighted by Crippen LogP contribution is -2.31. The van der Waals surface area contributed by atoms with Crippen LogP contribution in [0.5, 0.6) is 0 Å². The maximum absolute atomic E-state index is 12.7. The van der Waals surface area contributed by atoms with Crippen LogP contribution in [0, 0.1) is 0 Å². The van der Waals surface area contributed by atoms with E-state index in [0.29, 0.717) is 18.8 Å². The van der Waals surface area contributed by atoms with Gasteiger partial charge in [-0.15, -0.1) is 0 Å². The molecule has 1 aromatic rings. The van der Waals surface area contributed by atoms with E-state index in [1.807, 2.05) is 13.0 Å². The number of hydrogen-bond acceptors (Lipinski definition) is 3. The van der Waals surface area contributed by atoms with Crippen molar-refractivity contribution in [3.05, 3.63) is 48.6 Å². The molecule has 0 unspecified atom stereocenters. The Morgan fingerprint density at radius 3 is 2.25 bits per heavy atom. The van der Waals surface area contributed by atoms with Crippen LogP contribution in [-0.4, -0.2) is 31.7 Å². The van der Waals surface area contributed by atoms with Gasteiger partial charge in [0, 0.05) is 24.9 Å². The van der Waals surface area contributed by atoms with Crippen LogP contribution >= 0.6 is 0 Å². The Hall–Kier alpha value is -1.92. The van der Waals surface area contributed by atoms with Gasteiger partial charge < -0.3 is 5.32 Å². The quantitative estimate of drug-likeness (QED) is 0.656. The Bertz CT molecular complexity index is 698. The van der Waals surface area contributed by atoms with Crippen molar-refractivity contribution in [1.29, 1.82) is 0 Å². The molecule has 0 atom stereocenters. The van der Waals surface area contributed by atoms with Gasteiger partial charge >= 0.3 is 0 Å². The third-order valence-electron chi connectivity index (χ3n) is 3.88. The normalized spacial score (nSPS) is 17.2. The molecule has 0 saturated carbocycles. The van der Waals surface area contributed by atoms with E-state index in [0.717, 1.165) is 25.7 Å². The van der Waals surface area contributed by atoms with Crippen molar-refractivity contribution < 1.29 is 13.2 Å². The summed E-state index contributed by atoms with van der Waals surface area (Å²) < 4.78 is 26.9. The molecule has 5 nitrogen and oxygen atoms in total. The summed E-state index contributed by atoms with van der Waals surface area (Å²) in [7, 11) is -3.45. The first-order valence-electron chi connectivity index (χ1n) is 8.24. The van der Waals surface area contributed by atoms with Crippen LogP contribution in [0.25, 0.3) is 0 Å². The highest BCUT2D eigenvalue weighted by Crippen LogP contribution is 2.21. The Balaban J connectivity index is 2.06. The van der Waals surface area contributed by atoms with Crippen LogP contribution in [0.1, 0.15) is 32.6 Å². The minimum Gasteiger partial charge on any atom is -0.323 e. The summed E-state index contributed by atoms with van der Waals surface area (Å²) in [5.41, 5.74) is 0.569. The minimum absolute atomic E-state index is 0.253. The molecule has 1 aliphatic rings. The lowest BCUT2D eigenvalue weighted by atomic mass is 10.2. The molecule has 1 aliphatic heterocycles. The van der Waals surface area contributed by atoms with E-state index >= 15 is 0 Å². The van der Waals surface area contributed by atoms with Crippen molar-refractivity contribution in [2.45, 2.75) is 37.5 Å². The van der Waals surface area contributed by atoms with Gasteiger partial charge in [0.25, 0.3) is 0 Å². The fraction of sp³-hybridized carbons (Fsp3) is 0.389. The number of sulfonamides is 1. The fourth-order valence-corrected chi connectivity index (χ4v) is 4.10. The lowest BCUT2D eigenvalue weighted by Gasteiger charge is -2.20. The van der Waals surface area contributed by atoms with Crippen LogP contribution in [0.3, 0.4) is 0 Å². The molecule has 1 aromatic carbocycles. The predicted octanol–water partition coefficient (Wildman–Crippen LogP) is 3.32. The zero-order valence-electron chi connectivity index (χ0n) is 13.9. The van der Waals surface area contributed by atoms with Crippen LogP contribution in [0.4, 0.5) is 5.69 Å². The highest BCUT2D eigenvalue weighted by atomic mass is 32.2. The van der Waals surface area contributed by atoms with Crippen LogP contribution in [0.15, 0.2) is 53.5 Å². The monoisotopic (exact) mass is 348 g/mol. The molecule has 1 amide bonds. The molecule has 1 heterocycles. The zero-order valence-corrected chi connectivity index (χ0v) is 14.8. The van der Waals surface area contributed by atoms with E-state index in [-0.39, 0.29) is 10.8 Å². The van der Waals surface area contributed by atoms with Gasteiger partial charge in [-0.05, 0) is 44.0 Å². The molecule has 130 valence electrons. The molecule has 0 radical (unpaired) electrons. The second-order valence-electron chi connectivity index (χ2n) is 5.72. The molecular formula is C18H24N2O3S. The molecule has 1 fully saturated rings. The lowest BCUT2D eigenvalue weighted by molar-refractivity contribution is -0.111. The molecular weight excluding hydrogens is 324 g/mol. The minimum atomic E-state index is -3.45. The smallest absolute Gasteiger partial charge is 0.248 e. The number of nitrogens with zero attached hydrogens (tertiary/aromatic N) is 1. The van der Waals surface area contributed by atoms with Crippen LogP contribution in [-0.2, 0) is 14.8 Å². The summed E-state index contributed by atoms with van der Waals surface area (Å²) in [6.45, 7) is 3.03. The summed E-state index contributed by atoms with van der Waals surface area (Å²) in [6.07, 6.45) is 10.6. The van der Waals surface area contributed by atoms with E-state index in [4.69, 9.17) is 0 Å². The average molecular weight is 348 g/mol. The van der Waals surface area contributed by atoms with Crippen molar-refractivity contribution >= 4 is 21.6 Å². The third-order valence-corrected chi connectivity index (χ3v) is 5.79. The standard InChI is InChI=1S/C18H24N2O3S/c1-2-3-6-9-18(21)19-16-10-12-17(13-11-16)24(22,23)20-14-7-4-5-8-15-20/h2-3,6,9-13H,4-5,7-8,14-15H2,1H3,(H,19,21)/b3-2+,9-6+. The zero-order chi connectivity index (χ0) is 17.4. The topological polar surface area (TPSA) is 66.5 Å². The summed E-state index contributed by atoms with van der Waals surface area (Å²) >= 11 is 0. The van der Waals surface area contributed by atoms with Crippen LogP contribution < -0.4 is 5.32 Å². The maximum atomic E-state index is 12.7. The molecule has 0 aromatic heterocycles. The van der Waals surface area contributed by atoms with Gasteiger partial charge in [-0.2, -0.15) is 4.31 Å². The highest BCUT2D eigenvalue weighted by molar-refractivity contribution is 7.89. The number of carbonyl (C=O) groups is 1. The summed E-state index contributed by atoms with van der Waals surface area (Å²) in [6, 6.07) is 6.33. The molecule has 1 saturated heterocycles. The molecule has 0 bridgehead atoms. The highest BCUT2D eigenvalue weighted by Gasteiger charge is 2.24. The number of benzene rings is 1. The van der Waals surface area contributed by atoms with Crippen molar-refractivity contribution in [3.63, 3.8) is 0 Å². The van der Waals surface area contributed by atoms with Gasteiger partial charge in [0.05, 0.1) is 4.90 Å². The Kier molecular flexibility index (Phi) is 6.75. The Morgan fingerprint density at radius 2 is 1.67 bits per heavy atom.